The number of aliphatic carboxylic acids is 2. The monoisotopic (exact) mass is 1510 g/mol. The molecular weight excluding hydrogens is 1400 g/mol. The molecule has 1 unspecified atom stereocenters. The molecule has 1 aromatic heterocycles. The first-order chi connectivity index (χ1) is 50.5. The Bertz CT molecular complexity index is 3690. The lowest BCUT2D eigenvalue weighted by Gasteiger charge is -2.29. The summed E-state index contributed by atoms with van der Waals surface area (Å²) in [6.07, 6.45) is 6.43. The fourth-order valence-corrected chi connectivity index (χ4v) is 13.6. The van der Waals surface area contributed by atoms with Crippen LogP contribution in [0.2, 0.25) is 0 Å². The topological polar surface area (TPSA) is 469 Å². The Balaban J connectivity index is 1.30. The van der Waals surface area contributed by atoms with Crippen LogP contribution in [-0.2, 0) is 70.3 Å². The Morgan fingerprint density at radius 2 is 1.45 bits per heavy atom. The number of nitrogens with two attached hydrogens (primary N) is 2. The Morgan fingerprint density at radius 3 is 2.09 bits per heavy atom. The van der Waals surface area contributed by atoms with Crippen molar-refractivity contribution in [1.29, 1.82) is 5.41 Å². The number of carboxylic acid groups (broad SMARTS) is 2. The first kappa shape index (κ1) is 87.9. The van der Waals surface area contributed by atoms with Crippen LogP contribution in [0.25, 0.3) is 5.69 Å². The number of aromatic nitrogens is 2. The van der Waals surface area contributed by atoms with Gasteiger partial charge in [-0.25, -0.2) is 14.3 Å². The van der Waals surface area contributed by atoms with Crippen LogP contribution in [0, 0.1) is 41.4 Å². The molecular formula is C75H111N15O16S. The van der Waals surface area contributed by atoms with E-state index in [2.05, 4.69) is 47.9 Å². The van der Waals surface area contributed by atoms with Crippen LogP contribution in [0.5, 0.6) is 0 Å². The second-order valence-electron chi connectivity index (χ2n) is 28.7. The smallest absolute Gasteiger partial charge is 0.327 e. The van der Waals surface area contributed by atoms with Crippen molar-refractivity contribution in [3.05, 3.63) is 100 Å². The summed E-state index contributed by atoms with van der Waals surface area (Å²) < 4.78 is 13.5. The molecule has 588 valence electrons. The number of carbonyl (C=O) groups excluding carboxylic acids is 10. The fraction of sp³-hybridized carbons (Fsp3) is 0.573. The lowest BCUT2D eigenvalue weighted by atomic mass is 9.75. The van der Waals surface area contributed by atoms with Gasteiger partial charge in [0.25, 0.3) is 5.91 Å². The molecule has 0 spiro atoms. The van der Waals surface area contributed by atoms with E-state index in [1.807, 2.05) is 64.1 Å². The molecule has 107 heavy (non-hydrogen) atoms. The predicted octanol–water partition coefficient (Wildman–Crippen LogP) is 3.58. The molecule has 16 N–H and O–H groups in total. The van der Waals surface area contributed by atoms with Crippen molar-refractivity contribution in [3.8, 4) is 5.69 Å². The summed E-state index contributed by atoms with van der Waals surface area (Å²) in [4.78, 5) is 166. The number of primary amides is 1. The van der Waals surface area contributed by atoms with Gasteiger partial charge in [-0.3, -0.25) is 53.4 Å². The maximum absolute atomic E-state index is 14.6. The van der Waals surface area contributed by atoms with E-state index in [0.29, 0.717) is 80.1 Å². The van der Waals surface area contributed by atoms with Gasteiger partial charge in [0.15, 0.2) is 11.7 Å². The van der Waals surface area contributed by atoms with Crippen LogP contribution in [-0.4, -0.2) is 209 Å². The number of hydrogen-bond acceptors (Lipinski definition) is 18. The number of nitrogens with one attached hydrogen (secondary N) is 10. The summed E-state index contributed by atoms with van der Waals surface area (Å²) in [6.45, 7) is 18.5. The summed E-state index contributed by atoms with van der Waals surface area (Å²) in [6, 6.07) is 4.39. The zero-order valence-electron chi connectivity index (χ0n) is 63.5. The van der Waals surface area contributed by atoms with Gasteiger partial charge in [-0.05, 0) is 107 Å². The SMILES string of the molecule is CO[C@@H](Cc1ccccc1)[C@@H](C)/C=C(C)/C=C/[C@H]1NC(=O)[C@H](CCCNC(=N)N)NC(=O)[C@@H](C)[C@H](C(=O)O)NC(=O)[C@H](CC(C)C)NC(=O)[C@@H](C)NC(=O)C(CSCCC(=O)NCCCOCCCNc2cc(-n3nc(C)c4c3CC(C)(C)CC4=O)ccc2C(N)=O)N(C)C(=O)CC[C@H](C(=O)O)NC(=O)[C@H]1C. The highest BCUT2D eigenvalue weighted by atomic mass is 32.2. The summed E-state index contributed by atoms with van der Waals surface area (Å²) in [7, 11) is 2.91. The van der Waals surface area contributed by atoms with Gasteiger partial charge in [-0.2, -0.15) is 16.9 Å². The fourth-order valence-electron chi connectivity index (χ4n) is 12.5. The van der Waals surface area contributed by atoms with Crippen LogP contribution < -0.4 is 59.3 Å². The van der Waals surface area contributed by atoms with Gasteiger partial charge in [0, 0.05) is 89.4 Å². The van der Waals surface area contributed by atoms with E-state index in [1.54, 1.807) is 56.8 Å². The highest BCUT2D eigenvalue weighted by Gasteiger charge is 2.40. The Labute approximate surface area is 630 Å². The number of nitrogens with zero attached hydrogens (tertiary/aromatic N) is 3. The number of ether oxygens (including phenoxy) is 2. The van der Waals surface area contributed by atoms with Crippen molar-refractivity contribution >= 4 is 94.3 Å². The summed E-state index contributed by atoms with van der Waals surface area (Å²) in [5, 5.41) is 57.6. The second-order valence-corrected chi connectivity index (χ2v) is 29.9. The number of benzene rings is 2. The molecule has 1 aliphatic carbocycles. The van der Waals surface area contributed by atoms with Crippen molar-refractivity contribution in [3.63, 3.8) is 0 Å². The van der Waals surface area contributed by atoms with Gasteiger partial charge in [-0.1, -0.05) is 103 Å². The number of amides is 9. The Hall–Kier alpha value is -9.69. The molecule has 0 radical (unpaired) electrons. The maximum Gasteiger partial charge on any atom is 0.327 e. The molecule has 0 bridgehead atoms. The van der Waals surface area contributed by atoms with Crippen molar-refractivity contribution in [2.24, 2.45) is 40.6 Å². The number of ketones is 1. The van der Waals surface area contributed by atoms with Crippen LogP contribution in [0.1, 0.15) is 158 Å². The van der Waals surface area contributed by atoms with Crippen LogP contribution >= 0.6 is 11.8 Å². The lowest BCUT2D eigenvalue weighted by Crippen LogP contribution is -2.59. The molecule has 2 aromatic carbocycles. The minimum Gasteiger partial charge on any atom is -0.480 e. The van der Waals surface area contributed by atoms with Crippen molar-refractivity contribution in [1.82, 2.24) is 57.2 Å². The molecule has 9 amide bonds. The molecule has 3 aromatic rings. The van der Waals surface area contributed by atoms with Gasteiger partial charge in [0.2, 0.25) is 47.3 Å². The minimum atomic E-state index is -1.94. The van der Waals surface area contributed by atoms with Crippen LogP contribution in [0.15, 0.2) is 72.3 Å². The molecule has 1 fully saturated rings. The van der Waals surface area contributed by atoms with Crippen molar-refractivity contribution < 1.29 is 77.2 Å². The predicted molar refractivity (Wildman–Crippen MR) is 405 cm³/mol. The molecule has 11 atom stereocenters. The number of carboxylic acids is 2. The van der Waals surface area contributed by atoms with Gasteiger partial charge >= 0.3 is 11.9 Å². The van der Waals surface area contributed by atoms with Gasteiger partial charge in [0.1, 0.15) is 36.3 Å². The number of Topliss-reactive ketones (excluding diaryl/α,β-unsaturated/α-hetero) is 1. The third-order valence-electron chi connectivity index (χ3n) is 18.7. The molecule has 2 heterocycles. The molecule has 32 heteroatoms. The number of methoxy groups -OCH3 is 1. The first-order valence-electron chi connectivity index (χ1n) is 36.3. The number of likely N-dealkylation sites (N-methyl/N-ethyl adjacent to an activating group) is 1. The number of aryl methyl sites for hydroxylation is 1. The number of allylic oxidation sites excluding steroid dienone is 2. The van der Waals surface area contributed by atoms with E-state index in [9.17, 15) is 67.7 Å². The molecule has 2 aliphatic rings. The van der Waals surface area contributed by atoms with Crippen molar-refractivity contribution in [2.45, 2.75) is 188 Å². The van der Waals surface area contributed by atoms with Gasteiger partial charge in [-0.15, -0.1) is 0 Å². The van der Waals surface area contributed by atoms with Crippen LogP contribution in [0.3, 0.4) is 0 Å². The van der Waals surface area contributed by atoms with E-state index in [-0.39, 0.29) is 96.8 Å². The number of anilines is 1. The molecule has 5 rings (SSSR count). The molecule has 1 saturated heterocycles. The van der Waals surface area contributed by atoms with E-state index in [1.165, 1.54) is 33.9 Å². The Kier molecular flexibility index (Phi) is 35.0. The van der Waals surface area contributed by atoms with E-state index >= 15 is 0 Å². The zero-order chi connectivity index (χ0) is 79.4. The van der Waals surface area contributed by atoms with Gasteiger partial charge < -0.3 is 83.9 Å². The maximum atomic E-state index is 14.6. The number of rotatable bonds is 31. The minimum absolute atomic E-state index is 0.0145. The highest BCUT2D eigenvalue weighted by Crippen LogP contribution is 2.37. The van der Waals surface area contributed by atoms with Gasteiger partial charge in [0.05, 0.1) is 52.2 Å². The number of guanidine groups is 1. The normalized spacial score (nSPS) is 22.5. The third-order valence-corrected chi connectivity index (χ3v) is 19.7. The summed E-state index contributed by atoms with van der Waals surface area (Å²) >= 11 is 1.13. The highest BCUT2D eigenvalue weighted by molar-refractivity contribution is 7.99. The summed E-state index contributed by atoms with van der Waals surface area (Å²) in [5.41, 5.74) is 16.3. The third kappa shape index (κ3) is 27.9. The number of carbonyl (C=O) groups is 12. The molecule has 0 saturated carbocycles. The second kappa shape index (κ2) is 42.6. The van der Waals surface area contributed by atoms with E-state index in [0.717, 1.165) is 27.9 Å². The number of thioether (sulfide) groups is 1. The lowest BCUT2D eigenvalue weighted by molar-refractivity contribution is -0.146. The average molecular weight is 1510 g/mol. The molecule has 31 nitrogen and oxygen atoms in total. The standard InChI is InChI=1S/C75H111N15O16S/c1-42(2)35-56-70(99)87-64(73(103)104)46(6)67(96)84-53(21-16-29-81-74(77)78)69(98)83-52(25-22-43(3)36-44(4)60(105-12)37-49-19-14-13-15-20-49)45(5)66(95)85-54(72(101)102)26-27-62(93)89(11)58(71(100)82-48(8)68(97)86-56)41-107-34-28-61(92)80-31-18-33-106-32-17-30-79-55-38-50(23-24-51(55)65(76)94)90-57-39-75(9,10)40-59(91)63(57)47(7)88-90/h13-15,19-20,22-25,36,38,42,44-46,48,52-54,56,58,60,64,79H,16-18,21,26-35,37,39-41H2,1-12H3,(H2,76,94)(H,80,92)(H,82,100)(H,83,98)(H,84,96)(H,85,95)(H,86,97)(H,87,99)(H,101,102)(H,103,104)(H4,77,78,81)/b25-22+,43-36+/t44-,45-,46-,48+,52+,53-,54+,56-,58?,60-,64+/m0/s1. The molecule has 1 aliphatic heterocycles. The largest absolute Gasteiger partial charge is 0.480 e. The number of fused-ring (bicyclic) bond motifs is 1. The quantitative estimate of drug-likeness (QED) is 0.0189. The Morgan fingerprint density at radius 1 is 0.794 bits per heavy atom. The van der Waals surface area contributed by atoms with E-state index < -0.39 is 126 Å². The summed E-state index contributed by atoms with van der Waals surface area (Å²) in [5.74, 6) is -13.9. The van der Waals surface area contributed by atoms with Crippen molar-refractivity contribution in [2.75, 3.05) is 63.8 Å². The van der Waals surface area contributed by atoms with E-state index in [4.69, 9.17) is 31.4 Å². The van der Waals surface area contributed by atoms with Crippen LogP contribution in [0.4, 0.5) is 5.69 Å². The first-order valence-corrected chi connectivity index (χ1v) is 37.4. The number of hydrogen-bond donors (Lipinski definition) is 14. The zero-order valence-corrected chi connectivity index (χ0v) is 64.3. The average Bonchev–Trinajstić information content (AvgIpc) is 1.62.